The molecule has 0 amide bonds. The van der Waals surface area contributed by atoms with Crippen LogP contribution in [0.1, 0.15) is 46.8 Å². The predicted octanol–water partition coefficient (Wildman–Crippen LogP) is 2.69. The standard InChI is InChI=1S/C21H25N3O2S2/c25-20-19-16-7-1-2-8-17(16)28-21(19)23-18(22-20)13-24(11-14-5-3-9-26-14)12-15-6-4-10-27-15/h4,6,10,14H,1-3,5,7-9,11-13H2,(H,22,23,25)/p+1/t14-/m1/s1. The molecule has 7 heteroatoms. The molecule has 1 unspecified atom stereocenters. The molecular formula is C21H26N3O2S2+. The maximum atomic E-state index is 12.9. The minimum atomic E-state index is 0.0481. The fourth-order valence-corrected chi connectivity index (χ4v) is 6.58. The molecule has 4 heterocycles. The summed E-state index contributed by atoms with van der Waals surface area (Å²) in [6, 6.07) is 4.29. The van der Waals surface area contributed by atoms with Gasteiger partial charge in [0.25, 0.3) is 5.56 Å². The monoisotopic (exact) mass is 416 g/mol. The van der Waals surface area contributed by atoms with Crippen LogP contribution in [0.2, 0.25) is 0 Å². The van der Waals surface area contributed by atoms with Crippen molar-refractivity contribution < 1.29 is 9.64 Å². The molecule has 1 aliphatic heterocycles. The van der Waals surface area contributed by atoms with Crippen molar-refractivity contribution >= 4 is 32.9 Å². The van der Waals surface area contributed by atoms with Crippen LogP contribution in [0, 0.1) is 0 Å². The van der Waals surface area contributed by atoms with Gasteiger partial charge in [-0.3, -0.25) is 4.79 Å². The minimum absolute atomic E-state index is 0.0481. The van der Waals surface area contributed by atoms with Gasteiger partial charge >= 0.3 is 0 Å². The number of aryl methyl sites for hydroxylation is 2. The molecule has 28 heavy (non-hydrogen) atoms. The number of fused-ring (bicyclic) bond motifs is 3. The van der Waals surface area contributed by atoms with Crippen molar-refractivity contribution in [3.63, 3.8) is 0 Å². The van der Waals surface area contributed by atoms with Crippen LogP contribution in [-0.2, 0) is 30.7 Å². The molecule has 0 radical (unpaired) electrons. The van der Waals surface area contributed by atoms with Gasteiger partial charge in [-0.15, -0.1) is 22.7 Å². The van der Waals surface area contributed by atoms with Crippen molar-refractivity contribution in [2.75, 3.05) is 13.2 Å². The first-order chi connectivity index (χ1) is 13.8. The molecule has 2 atom stereocenters. The first-order valence-electron chi connectivity index (χ1n) is 10.3. The molecule has 5 nitrogen and oxygen atoms in total. The Bertz CT molecular complexity index is 1000. The first kappa shape index (κ1) is 18.5. The van der Waals surface area contributed by atoms with Crippen LogP contribution in [0.3, 0.4) is 0 Å². The Morgan fingerprint density at radius 3 is 3.00 bits per heavy atom. The molecule has 5 rings (SSSR count). The van der Waals surface area contributed by atoms with Crippen molar-refractivity contribution in [1.29, 1.82) is 0 Å². The van der Waals surface area contributed by atoms with E-state index in [0.29, 0.717) is 6.10 Å². The summed E-state index contributed by atoms with van der Waals surface area (Å²) in [5, 5.41) is 2.98. The SMILES string of the molecule is O=c1[nH]c(C[NH+](Cc2cccs2)C[C@H]2CCCO2)nc2sc3c(c12)CCCC3. The van der Waals surface area contributed by atoms with E-state index in [9.17, 15) is 4.79 Å². The summed E-state index contributed by atoms with van der Waals surface area (Å²) >= 11 is 3.52. The Morgan fingerprint density at radius 2 is 2.18 bits per heavy atom. The van der Waals surface area contributed by atoms with Gasteiger partial charge in [0.05, 0.1) is 10.3 Å². The molecular weight excluding hydrogens is 390 g/mol. The summed E-state index contributed by atoms with van der Waals surface area (Å²) in [4.78, 5) is 25.9. The topological polar surface area (TPSA) is 59.4 Å². The van der Waals surface area contributed by atoms with E-state index in [2.05, 4.69) is 22.5 Å². The van der Waals surface area contributed by atoms with Gasteiger partial charge in [-0.2, -0.15) is 0 Å². The van der Waals surface area contributed by atoms with Crippen LogP contribution < -0.4 is 10.5 Å². The molecule has 148 valence electrons. The highest BCUT2D eigenvalue weighted by molar-refractivity contribution is 7.18. The normalized spacial score (nSPS) is 20.5. The minimum Gasteiger partial charge on any atom is -0.372 e. The quantitative estimate of drug-likeness (QED) is 0.650. The second kappa shape index (κ2) is 8.06. The first-order valence-corrected chi connectivity index (χ1v) is 12.0. The number of H-pyrrole nitrogens is 1. The largest absolute Gasteiger partial charge is 0.372 e. The predicted molar refractivity (Wildman–Crippen MR) is 113 cm³/mol. The Hall–Kier alpha value is -1.54. The number of quaternary nitrogens is 1. The molecule has 0 spiro atoms. The van der Waals surface area contributed by atoms with E-state index in [1.807, 2.05) is 0 Å². The second-order valence-corrected chi connectivity index (χ2v) is 10.0. The molecule has 3 aromatic rings. The number of aromatic nitrogens is 2. The third-order valence-electron chi connectivity index (χ3n) is 5.84. The van der Waals surface area contributed by atoms with Gasteiger partial charge in [-0.05, 0) is 55.5 Å². The Kier molecular flexibility index (Phi) is 5.32. The number of nitrogens with one attached hydrogen (secondary N) is 2. The van der Waals surface area contributed by atoms with Crippen LogP contribution >= 0.6 is 22.7 Å². The zero-order valence-corrected chi connectivity index (χ0v) is 17.6. The molecule has 3 aromatic heterocycles. The van der Waals surface area contributed by atoms with Gasteiger partial charge in [0, 0.05) is 11.5 Å². The van der Waals surface area contributed by atoms with Crippen molar-refractivity contribution in [1.82, 2.24) is 9.97 Å². The maximum Gasteiger partial charge on any atom is 0.260 e. The third-order valence-corrected chi connectivity index (χ3v) is 7.90. The van der Waals surface area contributed by atoms with Gasteiger partial charge in [0.2, 0.25) is 0 Å². The lowest BCUT2D eigenvalue weighted by molar-refractivity contribution is -0.930. The van der Waals surface area contributed by atoms with Crippen molar-refractivity contribution in [3.05, 3.63) is 49.0 Å². The van der Waals surface area contributed by atoms with E-state index >= 15 is 0 Å². The number of hydrogen-bond acceptors (Lipinski definition) is 5. The molecule has 1 fully saturated rings. The van der Waals surface area contributed by atoms with Gasteiger partial charge in [0.15, 0.2) is 5.82 Å². The zero-order valence-electron chi connectivity index (χ0n) is 16.0. The van der Waals surface area contributed by atoms with Crippen LogP contribution in [0.15, 0.2) is 22.3 Å². The molecule has 2 aliphatic rings. The fraction of sp³-hybridized carbons (Fsp3) is 0.524. The van der Waals surface area contributed by atoms with E-state index in [-0.39, 0.29) is 5.56 Å². The number of nitrogens with zero attached hydrogens (tertiary/aromatic N) is 1. The van der Waals surface area contributed by atoms with E-state index in [4.69, 9.17) is 9.72 Å². The van der Waals surface area contributed by atoms with Gasteiger partial charge in [-0.1, -0.05) is 6.07 Å². The Balaban J connectivity index is 1.42. The Morgan fingerprint density at radius 1 is 1.25 bits per heavy atom. The molecule has 0 aromatic carbocycles. The number of hydrogen-bond donors (Lipinski definition) is 2. The summed E-state index contributed by atoms with van der Waals surface area (Å²) < 4.78 is 5.88. The highest BCUT2D eigenvalue weighted by atomic mass is 32.1. The van der Waals surface area contributed by atoms with Crippen molar-refractivity contribution in [2.24, 2.45) is 0 Å². The summed E-state index contributed by atoms with van der Waals surface area (Å²) in [7, 11) is 0. The maximum absolute atomic E-state index is 12.9. The van der Waals surface area contributed by atoms with E-state index in [1.54, 1.807) is 22.7 Å². The van der Waals surface area contributed by atoms with Crippen LogP contribution in [0.4, 0.5) is 0 Å². The molecule has 2 N–H and O–H groups in total. The average molecular weight is 417 g/mol. The third kappa shape index (κ3) is 3.81. The van der Waals surface area contributed by atoms with Crippen molar-refractivity contribution in [2.45, 2.75) is 57.7 Å². The summed E-state index contributed by atoms with van der Waals surface area (Å²) in [5.74, 6) is 0.806. The second-order valence-electron chi connectivity index (χ2n) is 7.93. The number of aromatic amines is 1. The molecule has 1 saturated heterocycles. The summed E-state index contributed by atoms with van der Waals surface area (Å²) in [6.45, 7) is 3.51. The molecule has 0 saturated carbocycles. The summed E-state index contributed by atoms with van der Waals surface area (Å²) in [5.41, 5.74) is 1.31. The van der Waals surface area contributed by atoms with E-state index < -0.39 is 0 Å². The van der Waals surface area contributed by atoms with Crippen molar-refractivity contribution in [3.8, 4) is 0 Å². The van der Waals surface area contributed by atoms with E-state index in [0.717, 1.165) is 68.0 Å². The average Bonchev–Trinajstić information content (AvgIpc) is 3.41. The number of ether oxygens (including phenoxy) is 1. The smallest absolute Gasteiger partial charge is 0.260 e. The van der Waals surface area contributed by atoms with Gasteiger partial charge in [-0.25, -0.2) is 4.98 Å². The molecule has 1 aliphatic carbocycles. The number of thiophene rings is 2. The Labute approximate surface area is 172 Å². The summed E-state index contributed by atoms with van der Waals surface area (Å²) in [6.07, 6.45) is 7.13. The zero-order chi connectivity index (χ0) is 18.9. The number of rotatable bonds is 6. The van der Waals surface area contributed by atoms with Crippen LogP contribution in [0.5, 0.6) is 0 Å². The lowest BCUT2D eigenvalue weighted by Gasteiger charge is -2.21. The lowest BCUT2D eigenvalue weighted by Crippen LogP contribution is -3.10. The van der Waals surface area contributed by atoms with E-state index in [1.165, 1.54) is 33.1 Å². The van der Waals surface area contributed by atoms with Gasteiger partial charge < -0.3 is 14.6 Å². The highest BCUT2D eigenvalue weighted by Gasteiger charge is 2.25. The lowest BCUT2D eigenvalue weighted by atomic mass is 9.97. The fourth-order valence-electron chi connectivity index (χ4n) is 4.52. The van der Waals surface area contributed by atoms with Gasteiger partial charge in [0.1, 0.15) is 30.6 Å². The highest BCUT2D eigenvalue weighted by Crippen LogP contribution is 2.33. The van der Waals surface area contributed by atoms with Crippen LogP contribution in [0.25, 0.3) is 10.2 Å². The van der Waals surface area contributed by atoms with Crippen LogP contribution in [-0.4, -0.2) is 29.2 Å². The molecule has 0 bridgehead atoms.